The summed E-state index contributed by atoms with van der Waals surface area (Å²) in [5.41, 5.74) is 6.15. The van der Waals surface area contributed by atoms with Gasteiger partial charge >= 0.3 is 0 Å². The van der Waals surface area contributed by atoms with Crippen LogP contribution in [0.15, 0.2) is 15.6 Å². The lowest BCUT2D eigenvalue weighted by molar-refractivity contribution is 0.911. The van der Waals surface area contributed by atoms with Crippen molar-refractivity contribution in [2.24, 2.45) is 15.6 Å². The van der Waals surface area contributed by atoms with E-state index >= 15 is 0 Å². The first-order chi connectivity index (χ1) is 3.81. The van der Waals surface area contributed by atoms with E-state index in [1.54, 1.807) is 7.05 Å². The van der Waals surface area contributed by atoms with Gasteiger partial charge in [0.25, 0.3) is 0 Å². The Bertz CT molecular complexity index is 118. The summed E-state index contributed by atoms with van der Waals surface area (Å²) in [6.45, 7) is 0. The lowest BCUT2D eigenvalue weighted by Gasteiger charge is -1.85. The van der Waals surface area contributed by atoms with Gasteiger partial charge in [-0.1, -0.05) is 5.11 Å². The normalized spacial score (nSPS) is 9.12. The van der Waals surface area contributed by atoms with Crippen LogP contribution < -0.4 is 5.32 Å². The van der Waals surface area contributed by atoms with Crippen LogP contribution in [-0.4, -0.2) is 12.2 Å². The van der Waals surface area contributed by atoms with Crippen LogP contribution in [0.2, 0.25) is 0 Å². The van der Waals surface area contributed by atoms with Gasteiger partial charge in [0.1, 0.15) is 0 Å². The summed E-state index contributed by atoms with van der Waals surface area (Å²) in [5, 5.41) is 11.6. The molecule has 0 amide bonds. The Morgan fingerprint density at radius 1 is 1.75 bits per heavy atom. The molecule has 0 aliphatic rings. The van der Waals surface area contributed by atoms with Gasteiger partial charge in [0, 0.05) is 7.05 Å². The molecule has 5 nitrogen and oxygen atoms in total. The third-order valence-corrected chi connectivity index (χ3v) is 0.680. The van der Waals surface area contributed by atoms with Crippen LogP contribution in [0.5, 0.6) is 0 Å². The Morgan fingerprint density at radius 2 is 2.38 bits per heavy atom. The summed E-state index contributed by atoms with van der Waals surface area (Å²) in [4.78, 5) is 0. The van der Waals surface area contributed by atoms with Crippen molar-refractivity contribution >= 4 is 17.3 Å². The van der Waals surface area contributed by atoms with Crippen molar-refractivity contribution in [3.63, 3.8) is 0 Å². The van der Waals surface area contributed by atoms with Gasteiger partial charge in [0.15, 0.2) is 0 Å². The van der Waals surface area contributed by atoms with Crippen molar-refractivity contribution in [3.05, 3.63) is 0 Å². The summed E-state index contributed by atoms with van der Waals surface area (Å²) in [5.74, 6) is 0. The van der Waals surface area contributed by atoms with Gasteiger partial charge in [-0.15, -0.1) is 0 Å². The quantitative estimate of drug-likeness (QED) is 0.315. The Morgan fingerprint density at radius 3 is 2.75 bits per heavy atom. The average molecular weight is 131 g/mol. The number of hydrogen-bond donors (Lipinski definition) is 2. The molecular weight excluding hydrogens is 126 g/mol. The number of rotatable bonds is 1. The number of hydrogen-bond acceptors (Lipinski definition) is 2. The van der Waals surface area contributed by atoms with Gasteiger partial charge in [0.2, 0.25) is 5.11 Å². The highest BCUT2D eigenvalue weighted by molar-refractivity contribution is 7.80. The van der Waals surface area contributed by atoms with Crippen molar-refractivity contribution in [1.29, 1.82) is 5.53 Å². The van der Waals surface area contributed by atoms with E-state index in [1.165, 1.54) is 0 Å². The molecule has 0 saturated carbocycles. The minimum Gasteiger partial charge on any atom is -0.363 e. The number of thiocarbonyl (C=S) groups is 1. The zero-order valence-corrected chi connectivity index (χ0v) is 5.07. The monoisotopic (exact) mass is 131 g/mol. The molecule has 0 aromatic heterocycles. The molecule has 0 saturated heterocycles. The zero-order valence-electron chi connectivity index (χ0n) is 4.25. The maximum absolute atomic E-state index is 6.15. The maximum atomic E-state index is 6.15. The molecule has 0 aliphatic heterocycles. The van der Waals surface area contributed by atoms with E-state index < -0.39 is 0 Å². The molecule has 2 N–H and O–H groups in total. The summed E-state index contributed by atoms with van der Waals surface area (Å²) >= 11 is 4.51. The van der Waals surface area contributed by atoms with Crippen molar-refractivity contribution in [2.75, 3.05) is 7.05 Å². The van der Waals surface area contributed by atoms with Crippen LogP contribution in [0, 0.1) is 5.53 Å². The van der Waals surface area contributed by atoms with E-state index in [1.807, 2.05) is 0 Å². The molecular formula is C2H5N5S. The van der Waals surface area contributed by atoms with Crippen molar-refractivity contribution in [1.82, 2.24) is 5.32 Å². The molecule has 44 valence electrons. The van der Waals surface area contributed by atoms with E-state index in [2.05, 4.69) is 33.1 Å². The second kappa shape index (κ2) is 4.25. The summed E-state index contributed by atoms with van der Waals surface area (Å²) in [7, 11) is 1.62. The molecule has 0 spiro atoms. The van der Waals surface area contributed by atoms with Crippen LogP contribution >= 0.6 is 12.2 Å². The smallest absolute Gasteiger partial charge is 0.215 e. The molecule has 0 atom stereocenters. The highest BCUT2D eigenvalue weighted by atomic mass is 32.1. The fourth-order valence-electron chi connectivity index (χ4n) is 0.113. The molecule has 6 heteroatoms. The Hall–Kier alpha value is -0.910. The van der Waals surface area contributed by atoms with E-state index in [4.69, 9.17) is 5.53 Å². The van der Waals surface area contributed by atoms with E-state index in [9.17, 15) is 0 Å². The van der Waals surface area contributed by atoms with Crippen molar-refractivity contribution in [3.8, 4) is 0 Å². The largest absolute Gasteiger partial charge is 0.363 e. The SMILES string of the molecule is CNC(=S)N=NN=N. The molecule has 0 bridgehead atoms. The fourth-order valence-corrected chi connectivity index (χ4v) is 0.149. The molecule has 0 heterocycles. The van der Waals surface area contributed by atoms with Crippen LogP contribution in [0.25, 0.3) is 0 Å². The van der Waals surface area contributed by atoms with Gasteiger partial charge in [-0.25, -0.2) is 0 Å². The van der Waals surface area contributed by atoms with Crippen molar-refractivity contribution in [2.45, 2.75) is 0 Å². The predicted octanol–water partition coefficient (Wildman–Crippen LogP) is 0.889. The molecule has 0 aromatic carbocycles. The number of nitrogens with one attached hydrogen (secondary N) is 2. The molecule has 0 aliphatic carbocycles. The molecule has 8 heavy (non-hydrogen) atoms. The summed E-state index contributed by atoms with van der Waals surface area (Å²) < 4.78 is 0. The Kier molecular flexibility index (Phi) is 3.77. The van der Waals surface area contributed by atoms with E-state index in [0.29, 0.717) is 0 Å². The molecule has 0 fully saturated rings. The standard InChI is InChI=1S/C2H5N5S/c1-4-2(8)5-7-6-3/h3H,1H3,(H,4,8). The summed E-state index contributed by atoms with van der Waals surface area (Å²) in [6, 6.07) is 0. The fraction of sp³-hybridized carbons (Fsp3) is 0.500. The Labute approximate surface area is 51.7 Å². The molecule has 0 unspecified atom stereocenters. The highest BCUT2D eigenvalue weighted by Gasteiger charge is 1.80. The van der Waals surface area contributed by atoms with Gasteiger partial charge in [-0.3, -0.25) is 0 Å². The minimum atomic E-state index is 0.223. The first-order valence-electron chi connectivity index (χ1n) is 1.80. The van der Waals surface area contributed by atoms with Crippen LogP contribution in [0.3, 0.4) is 0 Å². The zero-order chi connectivity index (χ0) is 6.41. The molecule has 0 radical (unpaired) electrons. The number of nitrogens with zero attached hydrogens (tertiary/aromatic N) is 3. The third kappa shape index (κ3) is 3.29. The van der Waals surface area contributed by atoms with Gasteiger partial charge in [0.05, 0.1) is 0 Å². The predicted molar refractivity (Wildman–Crippen MR) is 31.7 cm³/mol. The molecule has 0 aromatic rings. The minimum absolute atomic E-state index is 0.223. The van der Waals surface area contributed by atoms with E-state index in [0.717, 1.165) is 0 Å². The Balaban J connectivity index is 3.52. The lowest BCUT2D eigenvalue weighted by atomic mass is 11.1. The second-order valence-corrected chi connectivity index (χ2v) is 1.23. The topological polar surface area (TPSA) is 73.0 Å². The third-order valence-electron chi connectivity index (χ3n) is 0.394. The highest BCUT2D eigenvalue weighted by Crippen LogP contribution is 1.76. The van der Waals surface area contributed by atoms with Crippen LogP contribution in [-0.2, 0) is 0 Å². The summed E-state index contributed by atoms with van der Waals surface area (Å²) in [6.07, 6.45) is 0. The average Bonchev–Trinajstić information content (AvgIpc) is 1.83. The van der Waals surface area contributed by atoms with Gasteiger partial charge in [-0.2, -0.15) is 5.53 Å². The van der Waals surface area contributed by atoms with Gasteiger partial charge in [-0.05, 0) is 22.7 Å². The van der Waals surface area contributed by atoms with Crippen LogP contribution in [0.1, 0.15) is 0 Å². The molecule has 0 rings (SSSR count). The van der Waals surface area contributed by atoms with E-state index in [-0.39, 0.29) is 5.11 Å². The maximum Gasteiger partial charge on any atom is 0.215 e. The first kappa shape index (κ1) is 7.09. The first-order valence-corrected chi connectivity index (χ1v) is 2.21. The van der Waals surface area contributed by atoms with Crippen molar-refractivity contribution < 1.29 is 0 Å². The second-order valence-electron chi connectivity index (χ2n) is 0.845. The lowest BCUT2D eigenvalue weighted by Crippen LogP contribution is -2.10. The van der Waals surface area contributed by atoms with Crippen LogP contribution in [0.4, 0.5) is 0 Å². The van der Waals surface area contributed by atoms with Gasteiger partial charge < -0.3 is 5.32 Å².